The number of hydrogen-bond donors (Lipinski definition) is 0. The van der Waals surface area contributed by atoms with Crippen LogP contribution in [-0.4, -0.2) is 31.1 Å². The molecule has 0 aliphatic carbocycles. The number of fused-ring (bicyclic) bond motifs is 3. The summed E-state index contributed by atoms with van der Waals surface area (Å²) >= 11 is 1.73. The van der Waals surface area contributed by atoms with Gasteiger partial charge in [0.2, 0.25) is 0 Å². The Morgan fingerprint density at radius 1 is 1.00 bits per heavy atom. The minimum Gasteiger partial charge on any atom is -0.421 e. The molecule has 30 heavy (non-hydrogen) atoms. The molecule has 0 unspecified atom stereocenters. The highest BCUT2D eigenvalue weighted by molar-refractivity contribution is 7.98. The Morgan fingerprint density at radius 2 is 1.73 bits per heavy atom. The van der Waals surface area contributed by atoms with Crippen LogP contribution in [0.1, 0.15) is 16.7 Å². The highest BCUT2D eigenvalue weighted by Crippen LogP contribution is 2.45. The van der Waals surface area contributed by atoms with E-state index in [1.54, 1.807) is 11.8 Å². The van der Waals surface area contributed by atoms with E-state index in [9.17, 15) is 10.1 Å². The van der Waals surface area contributed by atoms with Crippen molar-refractivity contribution in [3.05, 3.63) is 81.7 Å². The average Bonchev–Trinajstić information content (AvgIpc) is 2.79. The Balaban J connectivity index is 1.46. The van der Waals surface area contributed by atoms with Gasteiger partial charge < -0.3 is 9.32 Å². The topological polar surface area (TPSA) is 60.5 Å². The minimum absolute atomic E-state index is 0.130. The van der Waals surface area contributed by atoms with Crippen molar-refractivity contribution < 1.29 is 4.42 Å². The Morgan fingerprint density at radius 3 is 2.50 bits per heavy atom. The summed E-state index contributed by atoms with van der Waals surface area (Å²) in [4.78, 5) is 18.4. The fourth-order valence-electron chi connectivity index (χ4n) is 4.26. The van der Waals surface area contributed by atoms with Crippen LogP contribution in [0.5, 0.6) is 0 Å². The van der Waals surface area contributed by atoms with Crippen molar-refractivity contribution in [2.24, 2.45) is 0 Å². The number of rotatable bonds is 3. The molecule has 1 aromatic heterocycles. The Labute approximate surface area is 179 Å². The van der Waals surface area contributed by atoms with Crippen molar-refractivity contribution in [1.29, 1.82) is 5.26 Å². The summed E-state index contributed by atoms with van der Waals surface area (Å²) in [6.45, 7) is 4.25. The average molecular weight is 416 g/mol. The smallest absolute Gasteiger partial charge is 0.356 e. The van der Waals surface area contributed by atoms with Gasteiger partial charge in [-0.05, 0) is 11.6 Å². The standard InChI is InChI=1S/C24H21N3O2S/c25-14-19-22(27-12-10-26(11-13-27)15-17-6-2-1-3-7-17)20-16-30-21-9-5-4-8-18(21)23(20)29-24(19)28/h1-9H,10-13,15-16H2. The summed E-state index contributed by atoms with van der Waals surface area (Å²) in [7, 11) is 0. The van der Waals surface area contributed by atoms with Crippen LogP contribution in [-0.2, 0) is 12.3 Å². The van der Waals surface area contributed by atoms with Crippen LogP contribution >= 0.6 is 11.8 Å². The number of hydrogen-bond acceptors (Lipinski definition) is 6. The fraction of sp³-hybridized carbons (Fsp3) is 0.250. The normalized spacial score (nSPS) is 15.9. The van der Waals surface area contributed by atoms with E-state index in [0.717, 1.165) is 54.4 Å². The predicted octanol–water partition coefficient (Wildman–Crippen LogP) is 4.11. The van der Waals surface area contributed by atoms with Crippen LogP contribution in [0.3, 0.4) is 0 Å². The van der Waals surface area contributed by atoms with Gasteiger partial charge in [0, 0.05) is 54.5 Å². The zero-order valence-electron chi connectivity index (χ0n) is 16.5. The zero-order valence-corrected chi connectivity index (χ0v) is 17.3. The molecule has 3 heterocycles. The molecule has 0 bridgehead atoms. The summed E-state index contributed by atoms with van der Waals surface area (Å²) in [5.74, 6) is 1.32. The van der Waals surface area contributed by atoms with Gasteiger partial charge in [-0.15, -0.1) is 11.8 Å². The lowest BCUT2D eigenvalue weighted by atomic mass is 10.0. The summed E-state index contributed by atoms with van der Waals surface area (Å²) in [6.07, 6.45) is 0. The van der Waals surface area contributed by atoms with Crippen molar-refractivity contribution in [3.63, 3.8) is 0 Å². The molecule has 0 radical (unpaired) electrons. The maximum atomic E-state index is 12.7. The third kappa shape index (κ3) is 3.41. The monoisotopic (exact) mass is 415 g/mol. The molecule has 0 atom stereocenters. The third-order valence-electron chi connectivity index (χ3n) is 5.75. The molecule has 2 aromatic carbocycles. The Bertz CT molecular complexity index is 1180. The molecular weight excluding hydrogens is 394 g/mol. The minimum atomic E-state index is -0.542. The lowest BCUT2D eigenvalue weighted by Gasteiger charge is -2.37. The molecule has 6 heteroatoms. The molecule has 0 spiro atoms. The first-order valence-electron chi connectivity index (χ1n) is 10.1. The summed E-state index contributed by atoms with van der Waals surface area (Å²) in [6, 6.07) is 20.5. The van der Waals surface area contributed by atoms with E-state index in [4.69, 9.17) is 4.42 Å². The van der Waals surface area contributed by atoms with E-state index >= 15 is 0 Å². The maximum Gasteiger partial charge on any atom is 0.356 e. The molecule has 150 valence electrons. The molecule has 0 N–H and O–H groups in total. The summed E-state index contributed by atoms with van der Waals surface area (Å²) in [5.41, 5.74) is 3.56. The van der Waals surface area contributed by atoms with Crippen molar-refractivity contribution in [1.82, 2.24) is 4.90 Å². The zero-order chi connectivity index (χ0) is 20.5. The molecule has 0 saturated carbocycles. The van der Waals surface area contributed by atoms with Crippen LogP contribution < -0.4 is 10.5 Å². The quantitative estimate of drug-likeness (QED) is 0.642. The lowest BCUT2D eigenvalue weighted by molar-refractivity contribution is 0.249. The van der Waals surface area contributed by atoms with E-state index in [0.29, 0.717) is 11.5 Å². The highest BCUT2D eigenvalue weighted by Gasteiger charge is 2.30. The summed E-state index contributed by atoms with van der Waals surface area (Å²) < 4.78 is 5.65. The van der Waals surface area contributed by atoms with E-state index in [-0.39, 0.29) is 5.56 Å². The number of thioether (sulfide) groups is 1. The number of nitriles is 1. The van der Waals surface area contributed by atoms with Gasteiger partial charge in [-0.2, -0.15) is 5.26 Å². The van der Waals surface area contributed by atoms with Crippen molar-refractivity contribution in [2.75, 3.05) is 31.1 Å². The van der Waals surface area contributed by atoms with Gasteiger partial charge in [0.15, 0.2) is 5.56 Å². The first kappa shape index (κ1) is 19.0. The van der Waals surface area contributed by atoms with E-state index in [1.807, 2.05) is 30.3 Å². The van der Waals surface area contributed by atoms with Gasteiger partial charge in [0.25, 0.3) is 0 Å². The maximum absolute atomic E-state index is 12.7. The van der Waals surface area contributed by atoms with Crippen molar-refractivity contribution >= 4 is 17.4 Å². The molecule has 5 nitrogen and oxygen atoms in total. The Hall–Kier alpha value is -3.01. The van der Waals surface area contributed by atoms with Gasteiger partial charge in [-0.3, -0.25) is 4.90 Å². The first-order chi connectivity index (χ1) is 14.7. The van der Waals surface area contributed by atoms with Crippen LogP contribution in [0.25, 0.3) is 11.3 Å². The van der Waals surface area contributed by atoms with Gasteiger partial charge in [0.1, 0.15) is 11.8 Å². The van der Waals surface area contributed by atoms with Gasteiger partial charge in [-0.1, -0.05) is 48.5 Å². The number of piperazine rings is 1. The largest absolute Gasteiger partial charge is 0.421 e. The lowest BCUT2D eigenvalue weighted by Crippen LogP contribution is -2.47. The highest BCUT2D eigenvalue weighted by atomic mass is 32.2. The third-order valence-corrected chi connectivity index (χ3v) is 6.85. The van der Waals surface area contributed by atoms with Crippen LogP contribution in [0.2, 0.25) is 0 Å². The molecule has 0 amide bonds. The second-order valence-electron chi connectivity index (χ2n) is 7.57. The molecule has 3 aromatic rings. The van der Waals surface area contributed by atoms with Crippen molar-refractivity contribution in [3.8, 4) is 17.4 Å². The predicted molar refractivity (Wildman–Crippen MR) is 119 cm³/mol. The molecule has 1 saturated heterocycles. The number of anilines is 1. The molecule has 2 aliphatic rings. The van der Waals surface area contributed by atoms with Crippen LogP contribution in [0, 0.1) is 11.3 Å². The number of nitrogens with zero attached hydrogens (tertiary/aromatic N) is 3. The first-order valence-corrected chi connectivity index (χ1v) is 11.1. The van der Waals surface area contributed by atoms with E-state index in [2.05, 4.69) is 40.1 Å². The molecular formula is C24H21N3O2S. The second-order valence-corrected chi connectivity index (χ2v) is 8.58. The van der Waals surface area contributed by atoms with Crippen molar-refractivity contribution in [2.45, 2.75) is 17.2 Å². The molecule has 5 rings (SSSR count). The van der Waals surface area contributed by atoms with Crippen LogP contribution in [0.15, 0.2) is 68.7 Å². The van der Waals surface area contributed by atoms with Gasteiger partial charge in [0.05, 0.1) is 5.69 Å². The number of benzene rings is 2. The summed E-state index contributed by atoms with van der Waals surface area (Å²) in [5, 5.41) is 9.72. The van der Waals surface area contributed by atoms with E-state index < -0.39 is 5.63 Å². The Kier molecular flexibility index (Phi) is 5.07. The fourth-order valence-corrected chi connectivity index (χ4v) is 5.32. The van der Waals surface area contributed by atoms with Gasteiger partial charge in [-0.25, -0.2) is 4.79 Å². The SMILES string of the molecule is N#Cc1c(N2CCN(Cc3ccccc3)CC2)c2c(oc1=O)-c1ccccc1SC2. The second kappa shape index (κ2) is 8.02. The molecule has 2 aliphatic heterocycles. The molecule has 1 fully saturated rings. The van der Waals surface area contributed by atoms with Gasteiger partial charge >= 0.3 is 5.63 Å². The van der Waals surface area contributed by atoms with Crippen LogP contribution in [0.4, 0.5) is 5.69 Å². The van der Waals surface area contributed by atoms with E-state index in [1.165, 1.54) is 5.56 Å².